The molecule has 0 unspecified atom stereocenters. The normalized spacial score (nSPS) is 19.5. The van der Waals surface area contributed by atoms with Gasteiger partial charge in [-0.15, -0.1) is 0 Å². The Labute approximate surface area is 144 Å². The molecule has 4 nitrogen and oxygen atoms in total. The van der Waals surface area contributed by atoms with Crippen molar-refractivity contribution in [1.29, 1.82) is 0 Å². The van der Waals surface area contributed by atoms with Gasteiger partial charge in [0.15, 0.2) is 5.11 Å². The van der Waals surface area contributed by atoms with Crippen LogP contribution < -0.4 is 15.0 Å². The first-order chi connectivity index (χ1) is 11.3. The molecule has 1 N–H and O–H groups in total. The first-order valence-electron chi connectivity index (χ1n) is 8.71. The number of rotatable bonds is 3. The molecule has 3 rings (SSSR count). The third-order valence-corrected chi connectivity index (χ3v) is 5.29. The van der Waals surface area contributed by atoms with Gasteiger partial charge in [0, 0.05) is 44.0 Å². The number of thiocarbonyl (C=S) groups is 1. The van der Waals surface area contributed by atoms with Crippen LogP contribution in [-0.2, 0) is 0 Å². The Morgan fingerprint density at radius 2 is 1.87 bits per heavy atom. The molecule has 1 aromatic rings. The molecule has 1 aliphatic carbocycles. The van der Waals surface area contributed by atoms with Crippen LogP contribution in [0.15, 0.2) is 24.3 Å². The lowest BCUT2D eigenvalue weighted by Crippen LogP contribution is -2.53. The number of methoxy groups -OCH3 is 1. The van der Waals surface area contributed by atoms with Crippen molar-refractivity contribution in [2.45, 2.75) is 38.1 Å². The molecule has 1 aliphatic heterocycles. The molecule has 0 bridgehead atoms. The van der Waals surface area contributed by atoms with Crippen LogP contribution in [0.4, 0.5) is 5.69 Å². The van der Waals surface area contributed by atoms with Crippen molar-refractivity contribution in [2.75, 3.05) is 38.2 Å². The Bertz CT molecular complexity index is 523. The van der Waals surface area contributed by atoms with Crippen LogP contribution in [0, 0.1) is 0 Å². The zero-order valence-corrected chi connectivity index (χ0v) is 14.8. The smallest absolute Gasteiger partial charge is 0.169 e. The highest BCUT2D eigenvalue weighted by Gasteiger charge is 2.21. The summed E-state index contributed by atoms with van der Waals surface area (Å²) in [4.78, 5) is 4.73. The number of anilines is 1. The van der Waals surface area contributed by atoms with Crippen LogP contribution in [-0.4, -0.2) is 49.3 Å². The summed E-state index contributed by atoms with van der Waals surface area (Å²) >= 11 is 5.63. The molecule has 1 heterocycles. The number of hydrogen-bond acceptors (Lipinski definition) is 3. The minimum Gasteiger partial charge on any atom is -0.497 e. The van der Waals surface area contributed by atoms with E-state index >= 15 is 0 Å². The minimum atomic E-state index is 0.590. The van der Waals surface area contributed by atoms with Gasteiger partial charge >= 0.3 is 0 Å². The number of benzene rings is 1. The second kappa shape index (κ2) is 7.86. The maximum absolute atomic E-state index is 5.63. The van der Waals surface area contributed by atoms with E-state index in [1.54, 1.807) is 7.11 Å². The molecular weight excluding hydrogens is 306 g/mol. The highest BCUT2D eigenvalue weighted by atomic mass is 32.1. The minimum absolute atomic E-state index is 0.590. The van der Waals surface area contributed by atoms with Gasteiger partial charge in [0.1, 0.15) is 5.75 Å². The average molecular weight is 334 g/mol. The molecule has 2 fully saturated rings. The third-order valence-electron chi connectivity index (χ3n) is 4.92. The number of ether oxygens (including phenoxy) is 1. The van der Waals surface area contributed by atoms with E-state index in [-0.39, 0.29) is 0 Å². The molecule has 5 heteroatoms. The summed E-state index contributed by atoms with van der Waals surface area (Å²) in [5.41, 5.74) is 1.23. The average Bonchev–Trinajstić information content (AvgIpc) is 2.63. The molecule has 1 saturated carbocycles. The van der Waals surface area contributed by atoms with E-state index in [9.17, 15) is 0 Å². The SMILES string of the molecule is COc1cccc(N2CCN(C(=S)NC3CCCCC3)CC2)c1. The molecule has 0 aromatic heterocycles. The zero-order chi connectivity index (χ0) is 16.1. The fraction of sp³-hybridized carbons (Fsp3) is 0.611. The molecule has 126 valence electrons. The van der Waals surface area contributed by atoms with Crippen LogP contribution in [0.25, 0.3) is 0 Å². The summed E-state index contributed by atoms with van der Waals surface area (Å²) in [5, 5.41) is 4.53. The van der Waals surface area contributed by atoms with E-state index in [4.69, 9.17) is 17.0 Å². The fourth-order valence-electron chi connectivity index (χ4n) is 3.49. The molecule has 0 amide bonds. The van der Waals surface area contributed by atoms with E-state index in [0.717, 1.165) is 37.0 Å². The van der Waals surface area contributed by atoms with Gasteiger partial charge in [-0.05, 0) is 37.2 Å². The van der Waals surface area contributed by atoms with Crippen molar-refractivity contribution in [2.24, 2.45) is 0 Å². The molecule has 1 aromatic carbocycles. The molecule has 0 atom stereocenters. The summed E-state index contributed by atoms with van der Waals surface area (Å²) in [6, 6.07) is 8.89. The molecule has 2 aliphatic rings. The van der Waals surface area contributed by atoms with Crippen LogP contribution in [0.1, 0.15) is 32.1 Å². The molecule has 23 heavy (non-hydrogen) atoms. The van der Waals surface area contributed by atoms with E-state index in [1.807, 2.05) is 6.07 Å². The predicted octanol–water partition coefficient (Wildman–Crippen LogP) is 3.02. The van der Waals surface area contributed by atoms with Gasteiger partial charge in [-0.3, -0.25) is 0 Å². The first-order valence-corrected chi connectivity index (χ1v) is 9.11. The molecule has 0 radical (unpaired) electrons. The van der Waals surface area contributed by atoms with Gasteiger partial charge in [0.05, 0.1) is 7.11 Å². The number of hydrogen-bond donors (Lipinski definition) is 1. The second-order valence-corrected chi connectivity index (χ2v) is 6.85. The van der Waals surface area contributed by atoms with Crippen LogP contribution >= 0.6 is 12.2 Å². The van der Waals surface area contributed by atoms with Crippen molar-refractivity contribution in [3.05, 3.63) is 24.3 Å². The maximum Gasteiger partial charge on any atom is 0.169 e. The summed E-state index contributed by atoms with van der Waals surface area (Å²) in [6.07, 6.45) is 6.59. The van der Waals surface area contributed by atoms with Crippen molar-refractivity contribution >= 4 is 23.0 Å². The number of nitrogens with one attached hydrogen (secondary N) is 1. The summed E-state index contributed by atoms with van der Waals surface area (Å²) < 4.78 is 5.32. The van der Waals surface area contributed by atoms with Gasteiger partial charge in [-0.2, -0.15) is 0 Å². The van der Waals surface area contributed by atoms with Crippen LogP contribution in [0.2, 0.25) is 0 Å². The van der Waals surface area contributed by atoms with E-state index < -0.39 is 0 Å². The number of piperazine rings is 1. The fourth-order valence-corrected chi connectivity index (χ4v) is 3.84. The van der Waals surface area contributed by atoms with E-state index in [1.165, 1.54) is 37.8 Å². The topological polar surface area (TPSA) is 27.7 Å². The Morgan fingerprint density at radius 1 is 1.13 bits per heavy atom. The van der Waals surface area contributed by atoms with E-state index in [2.05, 4.69) is 33.3 Å². The van der Waals surface area contributed by atoms with Gasteiger partial charge in [0.25, 0.3) is 0 Å². The highest BCUT2D eigenvalue weighted by Crippen LogP contribution is 2.22. The highest BCUT2D eigenvalue weighted by molar-refractivity contribution is 7.80. The Morgan fingerprint density at radius 3 is 2.57 bits per heavy atom. The van der Waals surface area contributed by atoms with Gasteiger partial charge in [-0.25, -0.2) is 0 Å². The lowest BCUT2D eigenvalue weighted by Gasteiger charge is -2.38. The lowest BCUT2D eigenvalue weighted by molar-refractivity contribution is 0.354. The first kappa shape index (κ1) is 16.4. The van der Waals surface area contributed by atoms with Gasteiger partial charge in [0.2, 0.25) is 0 Å². The van der Waals surface area contributed by atoms with Crippen molar-refractivity contribution in [1.82, 2.24) is 10.2 Å². The predicted molar refractivity (Wildman–Crippen MR) is 99.4 cm³/mol. The molecular formula is C18H27N3OS. The van der Waals surface area contributed by atoms with Crippen LogP contribution in [0.5, 0.6) is 5.75 Å². The third kappa shape index (κ3) is 4.28. The zero-order valence-electron chi connectivity index (χ0n) is 14.0. The summed E-state index contributed by atoms with van der Waals surface area (Å²) in [7, 11) is 1.71. The Hall–Kier alpha value is -1.49. The second-order valence-electron chi connectivity index (χ2n) is 6.46. The van der Waals surface area contributed by atoms with Crippen molar-refractivity contribution < 1.29 is 4.74 Å². The maximum atomic E-state index is 5.63. The van der Waals surface area contributed by atoms with E-state index in [0.29, 0.717) is 6.04 Å². The van der Waals surface area contributed by atoms with Crippen molar-refractivity contribution in [3.63, 3.8) is 0 Å². The standard InChI is InChI=1S/C18H27N3OS/c1-22-17-9-5-8-16(14-17)20-10-12-21(13-11-20)18(23)19-15-6-3-2-4-7-15/h5,8-9,14-15H,2-4,6-7,10-13H2,1H3,(H,19,23). The molecule has 0 spiro atoms. The quantitative estimate of drug-likeness (QED) is 0.859. The van der Waals surface area contributed by atoms with Crippen LogP contribution in [0.3, 0.4) is 0 Å². The molecule has 1 saturated heterocycles. The lowest BCUT2D eigenvalue weighted by atomic mass is 9.96. The van der Waals surface area contributed by atoms with Gasteiger partial charge < -0.3 is 19.9 Å². The monoisotopic (exact) mass is 333 g/mol. The van der Waals surface area contributed by atoms with Gasteiger partial charge in [-0.1, -0.05) is 25.3 Å². The Balaban J connectivity index is 1.50. The van der Waals surface area contributed by atoms with Crippen molar-refractivity contribution in [3.8, 4) is 5.75 Å². The largest absolute Gasteiger partial charge is 0.497 e. The Kier molecular flexibility index (Phi) is 5.60. The summed E-state index contributed by atoms with van der Waals surface area (Å²) in [6.45, 7) is 3.96. The number of nitrogens with zero attached hydrogens (tertiary/aromatic N) is 2. The summed E-state index contributed by atoms with van der Waals surface area (Å²) in [5.74, 6) is 0.916.